The lowest BCUT2D eigenvalue weighted by atomic mass is 10.1. The Morgan fingerprint density at radius 3 is 2.68 bits per heavy atom. The smallest absolute Gasteiger partial charge is 0.305 e. The summed E-state index contributed by atoms with van der Waals surface area (Å²) in [5.74, 6) is -0.432. The standard InChI is InChI=1S/C13H17BrN2O3/c1-16(7-3-4-12(17)19-2)13(18)10-6-5-9(14)8-11(10)15/h5-6,8H,3-4,7,15H2,1-2H3. The lowest BCUT2D eigenvalue weighted by molar-refractivity contribution is -0.140. The maximum absolute atomic E-state index is 12.1. The molecule has 1 rings (SSSR count). The molecule has 1 amide bonds. The highest BCUT2D eigenvalue weighted by Gasteiger charge is 2.15. The Labute approximate surface area is 120 Å². The van der Waals surface area contributed by atoms with Gasteiger partial charge in [-0.25, -0.2) is 0 Å². The Bertz CT molecular complexity index is 477. The second-order valence-corrected chi connectivity index (χ2v) is 5.05. The van der Waals surface area contributed by atoms with Crippen LogP contribution in [0.2, 0.25) is 0 Å². The lowest BCUT2D eigenvalue weighted by Crippen LogP contribution is -2.28. The molecule has 0 aliphatic heterocycles. The zero-order valence-electron chi connectivity index (χ0n) is 11.0. The molecule has 0 saturated heterocycles. The van der Waals surface area contributed by atoms with Crippen molar-refractivity contribution in [3.63, 3.8) is 0 Å². The van der Waals surface area contributed by atoms with Crippen LogP contribution in [0.5, 0.6) is 0 Å². The molecule has 19 heavy (non-hydrogen) atoms. The fourth-order valence-corrected chi connectivity index (χ4v) is 1.98. The third kappa shape index (κ3) is 4.55. The number of benzene rings is 1. The first kappa shape index (κ1) is 15.5. The molecule has 1 aromatic rings. The molecule has 5 nitrogen and oxygen atoms in total. The van der Waals surface area contributed by atoms with Crippen molar-refractivity contribution in [3.8, 4) is 0 Å². The maximum Gasteiger partial charge on any atom is 0.305 e. The summed E-state index contributed by atoms with van der Waals surface area (Å²) in [6.45, 7) is 0.476. The Hall–Kier alpha value is -1.56. The van der Waals surface area contributed by atoms with Crippen LogP contribution in [0.25, 0.3) is 0 Å². The first-order chi connectivity index (χ1) is 8.95. The van der Waals surface area contributed by atoms with Gasteiger partial charge in [0.1, 0.15) is 0 Å². The number of rotatable bonds is 5. The van der Waals surface area contributed by atoms with E-state index in [2.05, 4.69) is 20.7 Å². The molecular weight excluding hydrogens is 312 g/mol. The summed E-state index contributed by atoms with van der Waals surface area (Å²) < 4.78 is 5.37. The van der Waals surface area contributed by atoms with E-state index in [0.717, 1.165) is 4.47 Å². The molecule has 0 aromatic heterocycles. The van der Waals surface area contributed by atoms with E-state index >= 15 is 0 Å². The summed E-state index contributed by atoms with van der Waals surface area (Å²) in [6.07, 6.45) is 0.856. The molecule has 0 saturated carbocycles. The second kappa shape index (κ2) is 7.13. The van der Waals surface area contributed by atoms with Crippen LogP contribution in [0.4, 0.5) is 5.69 Å². The molecule has 0 bridgehead atoms. The Balaban J connectivity index is 2.59. The van der Waals surface area contributed by atoms with Gasteiger partial charge in [-0.1, -0.05) is 15.9 Å². The summed E-state index contributed by atoms with van der Waals surface area (Å²) in [7, 11) is 3.03. The van der Waals surface area contributed by atoms with Gasteiger partial charge in [0.2, 0.25) is 0 Å². The number of hydrogen-bond acceptors (Lipinski definition) is 4. The van der Waals surface area contributed by atoms with Crippen molar-refractivity contribution in [2.24, 2.45) is 0 Å². The molecule has 0 fully saturated rings. The molecule has 0 atom stereocenters. The number of esters is 1. The second-order valence-electron chi connectivity index (χ2n) is 4.14. The van der Waals surface area contributed by atoms with Crippen molar-refractivity contribution in [3.05, 3.63) is 28.2 Å². The third-order valence-corrected chi connectivity index (χ3v) is 3.19. The van der Waals surface area contributed by atoms with Crippen LogP contribution in [0.3, 0.4) is 0 Å². The molecular formula is C13H17BrN2O3. The Morgan fingerprint density at radius 2 is 2.11 bits per heavy atom. The number of amides is 1. The summed E-state index contributed by atoms with van der Waals surface area (Å²) >= 11 is 3.29. The average Bonchev–Trinajstić information content (AvgIpc) is 2.37. The molecule has 0 aliphatic carbocycles. The van der Waals surface area contributed by atoms with Crippen molar-refractivity contribution in [1.82, 2.24) is 4.90 Å². The number of halogens is 1. The molecule has 0 spiro atoms. The number of anilines is 1. The van der Waals surface area contributed by atoms with Crippen molar-refractivity contribution in [1.29, 1.82) is 0 Å². The zero-order chi connectivity index (χ0) is 14.4. The molecule has 0 unspecified atom stereocenters. The highest BCUT2D eigenvalue weighted by molar-refractivity contribution is 9.10. The van der Waals surface area contributed by atoms with E-state index in [1.54, 1.807) is 30.1 Å². The zero-order valence-corrected chi connectivity index (χ0v) is 12.6. The number of nitrogens with two attached hydrogens (primary N) is 1. The minimum atomic E-state index is -0.274. The van der Waals surface area contributed by atoms with Crippen LogP contribution in [-0.4, -0.2) is 37.5 Å². The fraction of sp³-hybridized carbons (Fsp3) is 0.385. The van der Waals surface area contributed by atoms with Crippen molar-refractivity contribution >= 4 is 33.5 Å². The van der Waals surface area contributed by atoms with Gasteiger partial charge >= 0.3 is 5.97 Å². The van der Waals surface area contributed by atoms with Gasteiger partial charge in [-0.15, -0.1) is 0 Å². The van der Waals surface area contributed by atoms with E-state index in [1.807, 2.05) is 0 Å². The monoisotopic (exact) mass is 328 g/mol. The van der Waals surface area contributed by atoms with Gasteiger partial charge in [0, 0.05) is 30.2 Å². The van der Waals surface area contributed by atoms with Gasteiger partial charge in [0.15, 0.2) is 0 Å². The van der Waals surface area contributed by atoms with Gasteiger partial charge in [0.05, 0.1) is 12.7 Å². The number of nitrogen functional groups attached to an aromatic ring is 1. The van der Waals surface area contributed by atoms with Crippen LogP contribution in [-0.2, 0) is 9.53 Å². The quantitative estimate of drug-likeness (QED) is 0.663. The minimum absolute atomic E-state index is 0.158. The van der Waals surface area contributed by atoms with E-state index < -0.39 is 0 Å². The van der Waals surface area contributed by atoms with Gasteiger partial charge < -0.3 is 15.4 Å². The molecule has 0 radical (unpaired) electrons. The number of carbonyl (C=O) groups excluding carboxylic acids is 2. The lowest BCUT2D eigenvalue weighted by Gasteiger charge is -2.18. The molecule has 0 heterocycles. The molecule has 1 aromatic carbocycles. The normalized spacial score (nSPS) is 10.1. The SMILES string of the molecule is COC(=O)CCCN(C)C(=O)c1ccc(Br)cc1N. The van der Waals surface area contributed by atoms with Crippen LogP contribution >= 0.6 is 15.9 Å². The fourth-order valence-electron chi connectivity index (χ4n) is 1.60. The van der Waals surface area contributed by atoms with Gasteiger partial charge in [-0.2, -0.15) is 0 Å². The van der Waals surface area contributed by atoms with E-state index in [4.69, 9.17) is 5.73 Å². The van der Waals surface area contributed by atoms with Crippen LogP contribution < -0.4 is 5.73 Å². The van der Waals surface area contributed by atoms with Crippen molar-refractivity contribution < 1.29 is 14.3 Å². The Kier molecular flexibility index (Phi) is 5.82. The van der Waals surface area contributed by atoms with E-state index in [9.17, 15) is 9.59 Å². The maximum atomic E-state index is 12.1. The minimum Gasteiger partial charge on any atom is -0.469 e. The number of hydrogen-bond donors (Lipinski definition) is 1. The van der Waals surface area contributed by atoms with Crippen molar-refractivity contribution in [2.75, 3.05) is 26.4 Å². The first-order valence-corrected chi connectivity index (χ1v) is 6.62. The largest absolute Gasteiger partial charge is 0.469 e. The van der Waals surface area contributed by atoms with Crippen LogP contribution in [0, 0.1) is 0 Å². The molecule has 2 N–H and O–H groups in total. The van der Waals surface area contributed by atoms with Gasteiger partial charge in [0.25, 0.3) is 5.91 Å². The summed E-state index contributed by atoms with van der Waals surface area (Å²) in [4.78, 5) is 24.7. The highest BCUT2D eigenvalue weighted by Crippen LogP contribution is 2.19. The molecule has 104 valence electrons. The van der Waals surface area contributed by atoms with Crippen molar-refractivity contribution in [2.45, 2.75) is 12.8 Å². The van der Waals surface area contributed by atoms with Gasteiger partial charge in [-0.05, 0) is 24.6 Å². The topological polar surface area (TPSA) is 72.6 Å². The number of nitrogens with zero attached hydrogens (tertiary/aromatic N) is 1. The van der Waals surface area contributed by atoms with Gasteiger partial charge in [-0.3, -0.25) is 9.59 Å². The van der Waals surface area contributed by atoms with E-state index in [-0.39, 0.29) is 11.9 Å². The van der Waals surface area contributed by atoms with Crippen LogP contribution in [0.1, 0.15) is 23.2 Å². The number of ether oxygens (including phenoxy) is 1. The average molecular weight is 329 g/mol. The van der Waals surface area contributed by atoms with E-state index in [0.29, 0.717) is 30.6 Å². The number of methoxy groups -OCH3 is 1. The highest BCUT2D eigenvalue weighted by atomic mass is 79.9. The predicted molar refractivity (Wildman–Crippen MR) is 76.8 cm³/mol. The first-order valence-electron chi connectivity index (χ1n) is 5.83. The molecule has 6 heteroatoms. The summed E-state index contributed by atoms with van der Waals surface area (Å²) in [6, 6.07) is 5.14. The predicted octanol–water partition coefficient (Wildman–Crippen LogP) is 2.06. The summed E-state index contributed by atoms with van der Waals surface area (Å²) in [5, 5.41) is 0. The summed E-state index contributed by atoms with van der Waals surface area (Å²) in [5.41, 5.74) is 6.70. The van der Waals surface area contributed by atoms with E-state index in [1.165, 1.54) is 7.11 Å². The van der Waals surface area contributed by atoms with Crippen LogP contribution in [0.15, 0.2) is 22.7 Å². The Morgan fingerprint density at radius 1 is 1.42 bits per heavy atom. The third-order valence-electron chi connectivity index (χ3n) is 2.69. The number of carbonyl (C=O) groups is 2. The molecule has 0 aliphatic rings.